The highest BCUT2D eigenvalue weighted by Crippen LogP contribution is 2.14. The first-order valence-corrected chi connectivity index (χ1v) is 7.30. The van der Waals surface area contributed by atoms with Crippen LogP contribution in [0.15, 0.2) is 18.2 Å². The van der Waals surface area contributed by atoms with Gasteiger partial charge in [0.05, 0.1) is 0 Å². The minimum Gasteiger partial charge on any atom is -0.115 e. The number of terminal acetylenes is 1. The molecule has 0 amide bonds. The highest BCUT2D eigenvalue weighted by molar-refractivity contribution is 5.57. The molecule has 1 rings (SSSR count). The Morgan fingerprint density at radius 2 is 1.70 bits per heavy atom. The first kappa shape index (κ1) is 18.3. The molecule has 0 saturated carbocycles. The Morgan fingerprint density at radius 3 is 2.15 bits per heavy atom. The van der Waals surface area contributed by atoms with E-state index in [2.05, 4.69) is 64.8 Å². The van der Waals surface area contributed by atoms with Crippen molar-refractivity contribution in [2.75, 3.05) is 0 Å². The molecular weight excluding hydrogens is 240 g/mol. The standard InChI is InChI=1S/C18H22.C2H6/c1-7-9-10-16-12-17(13-18(4,5)6)15(8-2)11-14(16)3;1-2/h1,8-13H,2-6H3;1-2H3/b10-9-,15-8-,17-13-;. The van der Waals surface area contributed by atoms with Crippen LogP contribution >= 0.6 is 0 Å². The van der Waals surface area contributed by atoms with Crippen LogP contribution < -0.4 is 10.4 Å². The molecule has 0 aliphatic rings. The maximum absolute atomic E-state index is 5.27. The van der Waals surface area contributed by atoms with Gasteiger partial charge >= 0.3 is 0 Å². The molecule has 0 fully saturated rings. The van der Waals surface area contributed by atoms with Crippen LogP contribution in [0, 0.1) is 24.7 Å². The van der Waals surface area contributed by atoms with Crippen molar-refractivity contribution in [2.45, 2.75) is 48.5 Å². The molecule has 20 heavy (non-hydrogen) atoms. The predicted octanol–water partition coefficient (Wildman–Crippen LogP) is 4.29. The Labute approximate surface area is 124 Å². The zero-order valence-corrected chi connectivity index (χ0v) is 14.0. The van der Waals surface area contributed by atoms with E-state index < -0.39 is 0 Å². The van der Waals surface area contributed by atoms with E-state index in [0.29, 0.717) is 0 Å². The molecule has 0 aliphatic heterocycles. The quantitative estimate of drug-likeness (QED) is 0.666. The maximum Gasteiger partial charge on any atom is -0.0116 e. The largest absolute Gasteiger partial charge is 0.115 e. The first-order chi connectivity index (χ1) is 9.37. The summed E-state index contributed by atoms with van der Waals surface area (Å²) < 4.78 is 0. The number of rotatable bonds is 1. The van der Waals surface area contributed by atoms with Crippen molar-refractivity contribution in [3.05, 3.63) is 39.8 Å². The highest BCUT2D eigenvalue weighted by atomic mass is 14.1. The van der Waals surface area contributed by atoms with Crippen molar-refractivity contribution in [3.8, 4) is 12.3 Å². The van der Waals surface area contributed by atoms with Crippen LogP contribution in [0.4, 0.5) is 0 Å². The lowest BCUT2D eigenvalue weighted by Crippen LogP contribution is -2.27. The Balaban J connectivity index is 0.00000172. The Bertz CT molecular complexity index is 599. The van der Waals surface area contributed by atoms with Gasteiger partial charge in [0.2, 0.25) is 0 Å². The van der Waals surface area contributed by atoms with Gasteiger partial charge in [0.25, 0.3) is 0 Å². The second-order valence-corrected chi connectivity index (χ2v) is 5.64. The summed E-state index contributed by atoms with van der Waals surface area (Å²) in [6.45, 7) is 14.8. The minimum absolute atomic E-state index is 0.167. The van der Waals surface area contributed by atoms with E-state index in [4.69, 9.17) is 6.42 Å². The average Bonchev–Trinajstić information content (AvgIpc) is 2.39. The molecule has 1 aromatic rings. The second kappa shape index (κ2) is 8.43. The zero-order chi connectivity index (χ0) is 15.8. The summed E-state index contributed by atoms with van der Waals surface area (Å²) in [5, 5.41) is 2.55. The lowest BCUT2D eigenvalue weighted by Gasteiger charge is -2.12. The predicted molar refractivity (Wildman–Crippen MR) is 93.7 cm³/mol. The third-order valence-electron chi connectivity index (χ3n) is 2.73. The third kappa shape index (κ3) is 5.93. The Kier molecular flexibility index (Phi) is 7.70. The molecule has 0 aliphatic carbocycles. The molecule has 0 nitrogen and oxygen atoms in total. The van der Waals surface area contributed by atoms with Crippen LogP contribution in [0.25, 0.3) is 18.2 Å². The maximum atomic E-state index is 5.27. The Hall–Kier alpha value is -1.74. The summed E-state index contributed by atoms with van der Waals surface area (Å²) in [6.07, 6.45) is 13.5. The van der Waals surface area contributed by atoms with Crippen LogP contribution in [-0.4, -0.2) is 0 Å². The number of aryl methyl sites for hydroxylation is 1. The number of benzene rings is 1. The number of hydrogen-bond donors (Lipinski definition) is 0. The summed E-state index contributed by atoms with van der Waals surface area (Å²) in [5.41, 5.74) is 2.61. The molecule has 0 unspecified atom stereocenters. The minimum atomic E-state index is 0.167. The van der Waals surface area contributed by atoms with Crippen molar-refractivity contribution >= 4 is 18.2 Å². The SMILES string of the molecule is C#C/C=C\c1cc(=C/C(C)(C)C)/c(=C\C)cc1C.CC. The molecule has 0 heterocycles. The normalized spacial score (nSPS) is 13.1. The molecule has 0 spiro atoms. The fourth-order valence-electron chi connectivity index (χ4n) is 1.92. The van der Waals surface area contributed by atoms with Crippen molar-refractivity contribution in [2.24, 2.45) is 5.41 Å². The van der Waals surface area contributed by atoms with Gasteiger partial charge in [-0.2, -0.15) is 0 Å². The molecule has 0 radical (unpaired) electrons. The molecule has 0 aromatic heterocycles. The van der Waals surface area contributed by atoms with E-state index in [-0.39, 0.29) is 5.41 Å². The molecule has 0 bridgehead atoms. The van der Waals surface area contributed by atoms with Crippen LogP contribution in [0.2, 0.25) is 0 Å². The zero-order valence-electron chi connectivity index (χ0n) is 14.0. The summed E-state index contributed by atoms with van der Waals surface area (Å²) >= 11 is 0. The smallest absolute Gasteiger partial charge is 0.0116 e. The van der Waals surface area contributed by atoms with E-state index in [1.807, 2.05) is 19.9 Å². The lowest BCUT2D eigenvalue weighted by molar-refractivity contribution is 0.584. The third-order valence-corrected chi connectivity index (χ3v) is 2.73. The van der Waals surface area contributed by atoms with Gasteiger partial charge < -0.3 is 0 Å². The molecule has 0 saturated heterocycles. The second-order valence-electron chi connectivity index (χ2n) is 5.64. The summed E-state index contributed by atoms with van der Waals surface area (Å²) in [7, 11) is 0. The Morgan fingerprint density at radius 1 is 1.10 bits per heavy atom. The molecular formula is C20H28. The van der Waals surface area contributed by atoms with Gasteiger partial charge in [0, 0.05) is 0 Å². The van der Waals surface area contributed by atoms with Crippen LogP contribution in [0.5, 0.6) is 0 Å². The highest BCUT2D eigenvalue weighted by Gasteiger charge is 2.05. The molecule has 1 aromatic carbocycles. The van der Waals surface area contributed by atoms with Gasteiger partial charge in [-0.15, -0.1) is 6.42 Å². The van der Waals surface area contributed by atoms with Gasteiger partial charge in [-0.1, -0.05) is 58.8 Å². The van der Waals surface area contributed by atoms with E-state index >= 15 is 0 Å². The molecule has 0 atom stereocenters. The summed E-state index contributed by atoms with van der Waals surface area (Å²) in [5.74, 6) is 2.54. The van der Waals surface area contributed by atoms with Crippen molar-refractivity contribution in [1.82, 2.24) is 0 Å². The number of hydrogen-bond acceptors (Lipinski definition) is 0. The fourth-order valence-corrected chi connectivity index (χ4v) is 1.92. The molecule has 0 heteroatoms. The van der Waals surface area contributed by atoms with Gasteiger partial charge in [0.1, 0.15) is 0 Å². The van der Waals surface area contributed by atoms with Crippen LogP contribution in [0.1, 0.15) is 52.7 Å². The molecule has 108 valence electrons. The van der Waals surface area contributed by atoms with Gasteiger partial charge in [0.15, 0.2) is 0 Å². The monoisotopic (exact) mass is 268 g/mol. The fraction of sp³-hybridized carbons (Fsp3) is 0.400. The van der Waals surface area contributed by atoms with Crippen molar-refractivity contribution < 1.29 is 0 Å². The van der Waals surface area contributed by atoms with E-state index in [1.165, 1.54) is 21.6 Å². The van der Waals surface area contributed by atoms with Gasteiger partial charge in [-0.3, -0.25) is 0 Å². The van der Waals surface area contributed by atoms with Crippen LogP contribution in [-0.2, 0) is 0 Å². The lowest BCUT2D eigenvalue weighted by atomic mass is 9.93. The van der Waals surface area contributed by atoms with Crippen molar-refractivity contribution in [1.29, 1.82) is 0 Å². The summed E-state index contributed by atoms with van der Waals surface area (Å²) in [6, 6.07) is 4.43. The first-order valence-electron chi connectivity index (χ1n) is 7.30. The van der Waals surface area contributed by atoms with Crippen molar-refractivity contribution in [3.63, 3.8) is 0 Å². The summed E-state index contributed by atoms with van der Waals surface area (Å²) in [4.78, 5) is 0. The van der Waals surface area contributed by atoms with E-state index in [0.717, 1.165) is 0 Å². The topological polar surface area (TPSA) is 0 Å². The molecule has 0 N–H and O–H groups in total. The van der Waals surface area contributed by atoms with Crippen LogP contribution in [0.3, 0.4) is 0 Å². The van der Waals surface area contributed by atoms with E-state index in [1.54, 1.807) is 6.08 Å². The number of allylic oxidation sites excluding steroid dienone is 1. The average molecular weight is 268 g/mol. The van der Waals surface area contributed by atoms with Gasteiger partial charge in [-0.25, -0.2) is 0 Å². The van der Waals surface area contributed by atoms with E-state index in [9.17, 15) is 0 Å². The van der Waals surface area contributed by atoms with Gasteiger partial charge in [-0.05, 0) is 59.0 Å².